The fourth-order valence-electron chi connectivity index (χ4n) is 1.43. The van der Waals surface area contributed by atoms with Gasteiger partial charge in [0.05, 0.1) is 10.5 Å². The van der Waals surface area contributed by atoms with Crippen molar-refractivity contribution in [2.24, 2.45) is 0 Å². The highest BCUT2D eigenvalue weighted by molar-refractivity contribution is 7.15. The molecule has 1 N–H and O–H groups in total. The molecule has 1 amide bonds. The number of nitrogens with one attached hydrogen (secondary N) is 1. The van der Waals surface area contributed by atoms with Crippen LogP contribution in [0.2, 0.25) is 0 Å². The van der Waals surface area contributed by atoms with E-state index in [-0.39, 0.29) is 10.9 Å². The highest BCUT2D eigenvalue weighted by Gasteiger charge is 2.22. The third kappa shape index (κ3) is 1.48. The molecule has 0 fully saturated rings. The lowest BCUT2D eigenvalue weighted by Crippen LogP contribution is -2.22. The number of fused-ring (bicyclic) bond motifs is 1. The van der Waals surface area contributed by atoms with E-state index >= 15 is 0 Å². The molecule has 1 aliphatic heterocycles. The van der Waals surface area contributed by atoms with E-state index in [2.05, 4.69) is 5.32 Å². The van der Waals surface area contributed by atoms with Crippen molar-refractivity contribution in [1.29, 1.82) is 0 Å². The van der Waals surface area contributed by atoms with Crippen LogP contribution in [0.4, 0.5) is 5.00 Å². The Morgan fingerprint density at radius 1 is 1.57 bits per heavy atom. The highest BCUT2D eigenvalue weighted by Crippen LogP contribution is 2.30. The highest BCUT2D eigenvalue weighted by atomic mass is 32.1. The first-order valence-electron chi connectivity index (χ1n) is 4.24. The van der Waals surface area contributed by atoms with Gasteiger partial charge in [0.2, 0.25) is 0 Å². The van der Waals surface area contributed by atoms with Crippen LogP contribution in [0.25, 0.3) is 0 Å². The van der Waals surface area contributed by atoms with Gasteiger partial charge in [0.25, 0.3) is 5.91 Å². The van der Waals surface area contributed by atoms with Gasteiger partial charge in [0, 0.05) is 17.5 Å². The predicted molar refractivity (Wildman–Crippen MR) is 51.6 cm³/mol. The van der Waals surface area contributed by atoms with Gasteiger partial charge in [-0.2, -0.15) is 0 Å². The fourth-order valence-corrected chi connectivity index (χ4v) is 2.44. The van der Waals surface area contributed by atoms with Crippen molar-refractivity contribution in [2.75, 3.05) is 6.54 Å². The maximum atomic E-state index is 11.4. The minimum Gasteiger partial charge on any atom is -0.352 e. The summed E-state index contributed by atoms with van der Waals surface area (Å²) >= 11 is 1.10. The van der Waals surface area contributed by atoms with Crippen molar-refractivity contribution in [3.63, 3.8) is 0 Å². The van der Waals surface area contributed by atoms with Crippen LogP contribution in [0.5, 0.6) is 0 Å². The van der Waals surface area contributed by atoms with Crippen LogP contribution in [0.1, 0.15) is 21.7 Å². The van der Waals surface area contributed by atoms with Gasteiger partial charge in [-0.1, -0.05) is 11.3 Å². The molecule has 2 heterocycles. The Bertz CT molecular complexity index is 399. The molecule has 0 saturated heterocycles. The third-order valence-corrected chi connectivity index (χ3v) is 3.23. The Labute approximate surface area is 83.9 Å². The van der Waals surface area contributed by atoms with E-state index in [0.717, 1.165) is 29.1 Å². The minimum absolute atomic E-state index is 0.0482. The van der Waals surface area contributed by atoms with Crippen molar-refractivity contribution >= 4 is 22.2 Å². The van der Waals surface area contributed by atoms with E-state index in [4.69, 9.17) is 0 Å². The van der Waals surface area contributed by atoms with Crippen molar-refractivity contribution in [2.45, 2.75) is 12.8 Å². The molecule has 2 rings (SSSR count). The lowest BCUT2D eigenvalue weighted by molar-refractivity contribution is -0.380. The number of nitrogens with zero attached hydrogens (tertiary/aromatic N) is 1. The first-order valence-corrected chi connectivity index (χ1v) is 5.05. The number of carbonyl (C=O) groups is 1. The molecular weight excluding hydrogens is 204 g/mol. The van der Waals surface area contributed by atoms with E-state index < -0.39 is 4.92 Å². The molecule has 0 saturated carbocycles. The molecule has 1 aromatic rings. The second-order valence-electron chi connectivity index (χ2n) is 3.04. The Morgan fingerprint density at radius 3 is 3.07 bits per heavy atom. The summed E-state index contributed by atoms with van der Waals surface area (Å²) in [7, 11) is 0. The molecule has 0 unspecified atom stereocenters. The molecule has 0 bridgehead atoms. The number of hydrogen-bond acceptors (Lipinski definition) is 4. The first-order chi connectivity index (χ1) is 6.68. The normalized spacial score (nSPS) is 15.6. The third-order valence-electron chi connectivity index (χ3n) is 2.09. The van der Waals surface area contributed by atoms with Gasteiger partial charge < -0.3 is 5.32 Å². The smallest absolute Gasteiger partial charge is 0.325 e. The van der Waals surface area contributed by atoms with E-state index in [0.29, 0.717) is 12.1 Å². The molecular formula is C8H8N2O3S. The zero-order valence-corrected chi connectivity index (χ0v) is 8.10. The standard InChI is InChI=1S/C8H8N2O3S/c11-8-5-4-7(10(12)13)14-6(5)2-1-3-9-8/h4H,1-3H2,(H,9,11). The average molecular weight is 212 g/mol. The minimum atomic E-state index is -0.452. The van der Waals surface area contributed by atoms with E-state index in [1.54, 1.807) is 0 Å². The summed E-state index contributed by atoms with van der Waals surface area (Å²) in [4.78, 5) is 22.3. The van der Waals surface area contributed by atoms with E-state index in [9.17, 15) is 14.9 Å². The van der Waals surface area contributed by atoms with Crippen LogP contribution >= 0.6 is 11.3 Å². The first kappa shape index (κ1) is 9.14. The van der Waals surface area contributed by atoms with Crippen LogP contribution < -0.4 is 5.32 Å². The fraction of sp³-hybridized carbons (Fsp3) is 0.375. The number of hydrogen-bond donors (Lipinski definition) is 1. The second-order valence-corrected chi connectivity index (χ2v) is 4.15. The number of nitro groups is 1. The van der Waals surface area contributed by atoms with E-state index in [1.165, 1.54) is 6.07 Å². The molecule has 1 aliphatic rings. The lowest BCUT2D eigenvalue weighted by atomic mass is 10.2. The van der Waals surface area contributed by atoms with Crippen molar-refractivity contribution in [1.82, 2.24) is 5.32 Å². The van der Waals surface area contributed by atoms with Gasteiger partial charge in [0.15, 0.2) is 0 Å². The van der Waals surface area contributed by atoms with E-state index in [1.807, 2.05) is 0 Å². The zero-order chi connectivity index (χ0) is 10.1. The summed E-state index contributed by atoms with van der Waals surface area (Å²) in [5.74, 6) is -0.193. The van der Waals surface area contributed by atoms with Gasteiger partial charge >= 0.3 is 5.00 Å². The number of amides is 1. The topological polar surface area (TPSA) is 72.2 Å². The Balaban J connectivity index is 2.44. The number of thiophene rings is 1. The summed E-state index contributed by atoms with van der Waals surface area (Å²) in [6.45, 7) is 0.647. The van der Waals surface area contributed by atoms with Gasteiger partial charge in [-0.3, -0.25) is 14.9 Å². The molecule has 14 heavy (non-hydrogen) atoms. The Morgan fingerprint density at radius 2 is 2.36 bits per heavy atom. The van der Waals surface area contributed by atoms with Gasteiger partial charge in [-0.05, 0) is 12.8 Å². The number of rotatable bonds is 1. The predicted octanol–water partition coefficient (Wildman–Crippen LogP) is 1.33. The van der Waals surface area contributed by atoms with Crippen LogP contribution in [0.15, 0.2) is 6.07 Å². The monoisotopic (exact) mass is 212 g/mol. The lowest BCUT2D eigenvalue weighted by Gasteiger charge is -1.95. The summed E-state index contributed by atoms with van der Waals surface area (Å²) < 4.78 is 0. The molecule has 74 valence electrons. The summed E-state index contributed by atoms with van der Waals surface area (Å²) in [5, 5.41) is 13.2. The van der Waals surface area contributed by atoms with Gasteiger partial charge in [0.1, 0.15) is 0 Å². The molecule has 5 nitrogen and oxygen atoms in total. The van der Waals surface area contributed by atoms with Crippen molar-refractivity contribution in [3.05, 3.63) is 26.6 Å². The summed E-state index contributed by atoms with van der Waals surface area (Å²) in [5.41, 5.74) is 0.471. The number of carbonyl (C=O) groups excluding carboxylic acids is 1. The van der Waals surface area contributed by atoms with Gasteiger partial charge in [-0.25, -0.2) is 0 Å². The molecule has 1 aromatic heterocycles. The molecule has 0 aromatic carbocycles. The quantitative estimate of drug-likeness (QED) is 0.563. The molecule has 0 radical (unpaired) electrons. The van der Waals surface area contributed by atoms with Crippen molar-refractivity contribution < 1.29 is 9.72 Å². The maximum Gasteiger partial charge on any atom is 0.325 e. The summed E-state index contributed by atoms with van der Waals surface area (Å²) in [6.07, 6.45) is 1.59. The Kier molecular flexibility index (Phi) is 2.20. The van der Waals surface area contributed by atoms with Crippen LogP contribution in [-0.2, 0) is 6.42 Å². The zero-order valence-electron chi connectivity index (χ0n) is 7.28. The van der Waals surface area contributed by atoms with Crippen LogP contribution in [-0.4, -0.2) is 17.4 Å². The molecule has 0 atom stereocenters. The van der Waals surface area contributed by atoms with Gasteiger partial charge in [-0.15, -0.1) is 0 Å². The Hall–Kier alpha value is -1.43. The summed E-state index contributed by atoms with van der Waals surface area (Å²) in [6, 6.07) is 1.36. The molecule has 6 heteroatoms. The number of aryl methyl sites for hydroxylation is 1. The van der Waals surface area contributed by atoms with Crippen molar-refractivity contribution in [3.8, 4) is 0 Å². The molecule has 0 aliphatic carbocycles. The SMILES string of the molecule is O=C1NCCCc2sc([N+](=O)[O-])cc21. The average Bonchev–Trinajstić information content (AvgIpc) is 2.49. The maximum absolute atomic E-state index is 11.4. The second kappa shape index (κ2) is 3.38. The van der Waals surface area contributed by atoms with Crippen LogP contribution in [0, 0.1) is 10.1 Å². The largest absolute Gasteiger partial charge is 0.352 e. The van der Waals surface area contributed by atoms with Crippen LogP contribution in [0.3, 0.4) is 0 Å². The molecule has 0 spiro atoms.